The Balaban J connectivity index is 2.30. The zero-order valence-electron chi connectivity index (χ0n) is 8.27. The van der Waals surface area contributed by atoms with Gasteiger partial charge in [-0.1, -0.05) is 28.1 Å². The van der Waals surface area contributed by atoms with Crippen LogP contribution >= 0.6 is 28.1 Å². The molecule has 3 N–H and O–H groups in total. The molecule has 0 unspecified atom stereocenters. The second-order valence-electron chi connectivity index (χ2n) is 3.27. The molecule has 82 valence electrons. The molecule has 1 aromatic heterocycles. The number of nitrogens with one attached hydrogen (secondary N) is 1. The van der Waals surface area contributed by atoms with Gasteiger partial charge in [0.1, 0.15) is 5.82 Å². The molecular weight excluding hydrogens is 288 g/mol. The third-order valence-electron chi connectivity index (χ3n) is 1.98. The fourth-order valence-electron chi connectivity index (χ4n) is 1.37. The lowest BCUT2D eigenvalue weighted by Gasteiger charge is -2.02. The van der Waals surface area contributed by atoms with E-state index in [1.807, 2.05) is 24.3 Å². The number of halogens is 1. The van der Waals surface area contributed by atoms with Gasteiger partial charge >= 0.3 is 0 Å². The summed E-state index contributed by atoms with van der Waals surface area (Å²) in [4.78, 5) is 10.8. The summed E-state index contributed by atoms with van der Waals surface area (Å²) in [6, 6.07) is 7.98. The van der Waals surface area contributed by atoms with Crippen molar-refractivity contribution in [3.63, 3.8) is 0 Å². The second kappa shape index (κ2) is 4.71. The van der Waals surface area contributed by atoms with Crippen molar-refractivity contribution in [2.75, 3.05) is 5.73 Å². The third kappa shape index (κ3) is 2.86. The Hall–Kier alpha value is -1.27. The van der Waals surface area contributed by atoms with Gasteiger partial charge in [0.25, 0.3) is 0 Å². The predicted molar refractivity (Wildman–Crippen MR) is 68.6 cm³/mol. The first-order chi connectivity index (χ1) is 7.63. The smallest absolute Gasteiger partial charge is 0.224 e. The zero-order chi connectivity index (χ0) is 11.5. The number of hydrogen-bond donors (Lipinski definition) is 2. The Morgan fingerprint density at radius 1 is 1.38 bits per heavy atom. The number of anilines is 1. The molecule has 0 aliphatic rings. The number of hydrogen-bond acceptors (Lipinski definition) is 4. The average molecular weight is 297 g/mol. The summed E-state index contributed by atoms with van der Waals surface area (Å²) in [6.07, 6.45) is 0.649. The largest absolute Gasteiger partial charge is 0.369 e. The molecule has 0 bridgehead atoms. The third-order valence-corrected chi connectivity index (χ3v) is 2.66. The summed E-state index contributed by atoms with van der Waals surface area (Å²) in [7, 11) is 0. The van der Waals surface area contributed by atoms with Crippen LogP contribution < -0.4 is 5.73 Å². The number of nitrogen functional groups attached to an aromatic ring is 1. The van der Waals surface area contributed by atoms with Crippen LogP contribution in [0, 0.1) is 4.77 Å². The van der Waals surface area contributed by atoms with Crippen molar-refractivity contribution < 1.29 is 0 Å². The van der Waals surface area contributed by atoms with Gasteiger partial charge in [0, 0.05) is 10.9 Å². The van der Waals surface area contributed by atoms with E-state index in [4.69, 9.17) is 18.0 Å². The van der Waals surface area contributed by atoms with Crippen molar-refractivity contribution in [2.45, 2.75) is 6.42 Å². The monoisotopic (exact) mass is 296 g/mol. The minimum absolute atomic E-state index is 0.265. The minimum atomic E-state index is 0.265. The molecule has 0 saturated carbocycles. The van der Waals surface area contributed by atoms with Crippen LogP contribution in [0.25, 0.3) is 0 Å². The quantitative estimate of drug-likeness (QED) is 0.836. The molecule has 0 aliphatic carbocycles. The van der Waals surface area contributed by atoms with Gasteiger partial charge in [-0.25, -0.2) is 4.98 Å². The summed E-state index contributed by atoms with van der Waals surface area (Å²) in [5, 5.41) is 0. The van der Waals surface area contributed by atoms with E-state index in [-0.39, 0.29) is 4.77 Å². The minimum Gasteiger partial charge on any atom is -0.369 e. The van der Waals surface area contributed by atoms with E-state index >= 15 is 0 Å². The van der Waals surface area contributed by atoms with Crippen LogP contribution in [0.1, 0.15) is 11.4 Å². The predicted octanol–water partition coefficient (Wildman–Crippen LogP) is 2.47. The van der Waals surface area contributed by atoms with Crippen LogP contribution in [-0.4, -0.2) is 15.0 Å². The second-order valence-corrected chi connectivity index (χ2v) is 4.55. The fourth-order valence-corrected chi connectivity index (χ4v) is 2.03. The van der Waals surface area contributed by atoms with Crippen molar-refractivity contribution in [3.8, 4) is 0 Å². The topological polar surface area (TPSA) is 67.6 Å². The van der Waals surface area contributed by atoms with Crippen molar-refractivity contribution in [1.29, 1.82) is 0 Å². The molecule has 1 aromatic carbocycles. The maximum atomic E-state index is 5.56. The van der Waals surface area contributed by atoms with Crippen LogP contribution in [0.3, 0.4) is 0 Å². The van der Waals surface area contributed by atoms with Gasteiger partial charge < -0.3 is 10.7 Å². The van der Waals surface area contributed by atoms with E-state index in [0.717, 1.165) is 15.9 Å². The molecule has 0 amide bonds. The first kappa shape index (κ1) is 11.2. The van der Waals surface area contributed by atoms with Crippen LogP contribution in [0.4, 0.5) is 5.95 Å². The summed E-state index contributed by atoms with van der Waals surface area (Å²) in [5.41, 5.74) is 6.68. The van der Waals surface area contributed by atoms with Crippen LogP contribution in [0.5, 0.6) is 0 Å². The van der Waals surface area contributed by atoms with Crippen molar-refractivity contribution >= 4 is 34.1 Å². The lowest BCUT2D eigenvalue weighted by atomic mass is 10.1. The highest BCUT2D eigenvalue weighted by molar-refractivity contribution is 9.10. The van der Waals surface area contributed by atoms with Gasteiger partial charge in [-0.15, -0.1) is 0 Å². The van der Waals surface area contributed by atoms with Gasteiger partial charge in [-0.05, 0) is 29.9 Å². The molecule has 0 radical (unpaired) electrons. The van der Waals surface area contributed by atoms with E-state index in [1.54, 1.807) is 0 Å². The van der Waals surface area contributed by atoms with Crippen molar-refractivity contribution in [3.05, 3.63) is 44.9 Å². The van der Waals surface area contributed by atoms with Gasteiger partial charge in [-0.2, -0.15) is 4.98 Å². The number of aromatic nitrogens is 3. The lowest BCUT2D eigenvalue weighted by Crippen LogP contribution is -2.03. The number of nitrogens with zero attached hydrogens (tertiary/aromatic N) is 2. The SMILES string of the molecule is Nc1nc(=S)nc(Cc2cccc(Br)c2)[nH]1. The molecule has 4 nitrogen and oxygen atoms in total. The zero-order valence-corrected chi connectivity index (χ0v) is 10.7. The molecule has 1 heterocycles. The maximum absolute atomic E-state index is 5.56. The van der Waals surface area contributed by atoms with Crippen LogP contribution in [-0.2, 0) is 6.42 Å². The lowest BCUT2D eigenvalue weighted by molar-refractivity contribution is 0.916. The Labute approximate surface area is 106 Å². The summed E-state index contributed by atoms with van der Waals surface area (Å²) in [5.74, 6) is 1.01. The number of rotatable bonds is 2. The number of benzene rings is 1. The summed E-state index contributed by atoms with van der Waals surface area (Å²) >= 11 is 8.31. The molecule has 0 aliphatic heterocycles. The standard InChI is InChI=1S/C10H9BrN4S/c11-7-3-1-2-6(4-7)5-8-13-9(12)15-10(16)14-8/h1-4H,5H2,(H3,12,13,14,15,16). The normalized spacial score (nSPS) is 10.3. The summed E-state index contributed by atoms with van der Waals surface area (Å²) in [6.45, 7) is 0. The Morgan fingerprint density at radius 2 is 2.19 bits per heavy atom. The molecule has 0 spiro atoms. The summed E-state index contributed by atoms with van der Waals surface area (Å²) < 4.78 is 1.30. The Bertz CT molecular complexity index is 567. The van der Waals surface area contributed by atoms with Crippen molar-refractivity contribution in [1.82, 2.24) is 15.0 Å². The van der Waals surface area contributed by atoms with E-state index in [9.17, 15) is 0 Å². The molecule has 2 rings (SSSR count). The molecule has 0 saturated heterocycles. The molecule has 2 aromatic rings. The average Bonchev–Trinajstić information content (AvgIpc) is 2.15. The Kier molecular flexibility index (Phi) is 3.31. The van der Waals surface area contributed by atoms with Gasteiger partial charge in [-0.3, -0.25) is 0 Å². The van der Waals surface area contributed by atoms with Gasteiger partial charge in [0.15, 0.2) is 0 Å². The highest BCUT2D eigenvalue weighted by Gasteiger charge is 2.00. The first-order valence-electron chi connectivity index (χ1n) is 4.60. The van der Waals surface area contributed by atoms with E-state index in [2.05, 4.69) is 30.9 Å². The molecule has 6 heteroatoms. The number of H-pyrrole nitrogens is 1. The number of aromatic amines is 1. The molecule has 16 heavy (non-hydrogen) atoms. The van der Waals surface area contributed by atoms with E-state index < -0.39 is 0 Å². The number of nitrogens with two attached hydrogens (primary N) is 1. The molecule has 0 atom stereocenters. The highest BCUT2D eigenvalue weighted by atomic mass is 79.9. The van der Waals surface area contributed by atoms with E-state index in [1.165, 1.54) is 0 Å². The molecular formula is C10H9BrN4S. The highest BCUT2D eigenvalue weighted by Crippen LogP contribution is 2.13. The van der Waals surface area contributed by atoms with Crippen molar-refractivity contribution in [2.24, 2.45) is 0 Å². The van der Waals surface area contributed by atoms with Crippen LogP contribution in [0.15, 0.2) is 28.7 Å². The van der Waals surface area contributed by atoms with Gasteiger partial charge in [0.2, 0.25) is 10.7 Å². The Morgan fingerprint density at radius 3 is 2.88 bits per heavy atom. The van der Waals surface area contributed by atoms with Crippen LogP contribution in [0.2, 0.25) is 0 Å². The maximum Gasteiger partial charge on any atom is 0.224 e. The van der Waals surface area contributed by atoms with E-state index in [0.29, 0.717) is 12.4 Å². The molecule has 0 fully saturated rings. The fraction of sp³-hybridized carbons (Fsp3) is 0.100. The van der Waals surface area contributed by atoms with Gasteiger partial charge in [0.05, 0.1) is 0 Å². The first-order valence-corrected chi connectivity index (χ1v) is 5.81.